The van der Waals surface area contributed by atoms with Gasteiger partial charge in [0.25, 0.3) is 7.82 Å². The van der Waals surface area contributed by atoms with Crippen LogP contribution in [0.5, 0.6) is 0 Å². The number of hydrogen-bond donors (Lipinski definition) is 1. The van der Waals surface area contributed by atoms with Crippen LogP contribution in [0.25, 0.3) is 0 Å². The molecule has 0 aromatic heterocycles. The molecule has 0 saturated carbocycles. The third kappa shape index (κ3) is 46.9. The van der Waals surface area contributed by atoms with Crippen LogP contribution < -0.4 is 10.2 Å². The average Bonchev–Trinajstić information content (AvgIpc) is 3.26. The smallest absolute Gasteiger partial charge is 0.306 e. The Hall–Kier alpha value is -2.03. The molecular formula is C55H103N2O7P. The van der Waals surface area contributed by atoms with Gasteiger partial charge in [0, 0.05) is 12.8 Å². The summed E-state index contributed by atoms with van der Waals surface area (Å²) in [4.78, 5) is 39.7. The molecule has 0 radical (unpaired) electrons. The summed E-state index contributed by atoms with van der Waals surface area (Å²) in [5, 5.41) is 3.00. The molecule has 0 aliphatic carbocycles. The molecule has 65 heavy (non-hydrogen) atoms. The maximum Gasteiger partial charge on any atom is 0.306 e. The molecule has 0 spiro atoms. The number of allylic oxidation sites excluding steroid dienone is 7. The number of nitrogens with one attached hydrogen (secondary N) is 1. The molecule has 9 nitrogen and oxygen atoms in total. The number of amides is 1. The predicted octanol–water partition coefficient (Wildman–Crippen LogP) is 15.1. The Kier molecular flexibility index (Phi) is 44.3. The van der Waals surface area contributed by atoms with Gasteiger partial charge in [-0.05, 0) is 63.9 Å². The monoisotopic (exact) mass is 935 g/mol. The maximum atomic E-state index is 13.4. The van der Waals surface area contributed by atoms with Gasteiger partial charge in [-0.2, -0.15) is 0 Å². The molecule has 0 saturated heterocycles. The SMILES string of the molecule is CC/C=C/C/C=C/C/C=C/CCCCCCC(=O)NC(COP(=O)([O-])OCC[N+](C)(C)C)C(/C=C/CCCCCCCCCCCC)OC(=O)CCCCCCCCCCCCCCC. The Balaban J connectivity index is 5.44. The van der Waals surface area contributed by atoms with Crippen molar-refractivity contribution in [2.24, 2.45) is 0 Å². The van der Waals surface area contributed by atoms with Gasteiger partial charge in [-0.1, -0.05) is 211 Å². The molecule has 3 atom stereocenters. The minimum absolute atomic E-state index is 0.0264. The lowest BCUT2D eigenvalue weighted by Gasteiger charge is -2.30. The summed E-state index contributed by atoms with van der Waals surface area (Å²) >= 11 is 0. The minimum Gasteiger partial charge on any atom is -0.756 e. The number of phosphoric acid groups is 1. The molecule has 0 aliphatic rings. The third-order valence-electron chi connectivity index (χ3n) is 11.8. The van der Waals surface area contributed by atoms with Crippen LogP contribution >= 0.6 is 7.82 Å². The van der Waals surface area contributed by atoms with E-state index in [-0.39, 0.29) is 24.9 Å². The first-order valence-corrected chi connectivity index (χ1v) is 28.4. The van der Waals surface area contributed by atoms with Gasteiger partial charge in [-0.3, -0.25) is 14.2 Å². The van der Waals surface area contributed by atoms with Crippen LogP contribution in [0, 0.1) is 0 Å². The molecule has 0 aliphatic heterocycles. The van der Waals surface area contributed by atoms with Gasteiger partial charge in [0.15, 0.2) is 0 Å². The van der Waals surface area contributed by atoms with Crippen LogP contribution in [-0.4, -0.2) is 69.4 Å². The second-order valence-corrected chi connectivity index (χ2v) is 20.8. The van der Waals surface area contributed by atoms with E-state index >= 15 is 0 Å². The highest BCUT2D eigenvalue weighted by Gasteiger charge is 2.27. The fourth-order valence-electron chi connectivity index (χ4n) is 7.59. The van der Waals surface area contributed by atoms with E-state index in [0.717, 1.165) is 83.5 Å². The first-order valence-electron chi connectivity index (χ1n) is 26.9. The normalized spacial score (nSPS) is 14.3. The number of esters is 1. The molecule has 0 aromatic carbocycles. The number of phosphoric ester groups is 1. The van der Waals surface area contributed by atoms with E-state index in [4.69, 9.17) is 13.8 Å². The summed E-state index contributed by atoms with van der Waals surface area (Å²) in [6, 6.07) is -0.895. The van der Waals surface area contributed by atoms with Crippen molar-refractivity contribution in [3.05, 3.63) is 48.6 Å². The number of rotatable bonds is 48. The van der Waals surface area contributed by atoms with E-state index in [9.17, 15) is 19.0 Å². The van der Waals surface area contributed by atoms with Crippen molar-refractivity contribution in [2.75, 3.05) is 40.9 Å². The molecule has 1 N–H and O–H groups in total. The van der Waals surface area contributed by atoms with Crippen LogP contribution in [0.15, 0.2) is 48.6 Å². The van der Waals surface area contributed by atoms with Crippen molar-refractivity contribution in [1.29, 1.82) is 0 Å². The van der Waals surface area contributed by atoms with Crippen LogP contribution in [0.1, 0.15) is 239 Å². The van der Waals surface area contributed by atoms with E-state index in [1.165, 1.54) is 116 Å². The maximum absolute atomic E-state index is 13.4. The second kappa shape index (κ2) is 45.7. The second-order valence-electron chi connectivity index (χ2n) is 19.4. The molecule has 380 valence electrons. The Morgan fingerprint density at radius 3 is 1.48 bits per heavy atom. The van der Waals surface area contributed by atoms with E-state index < -0.39 is 26.6 Å². The largest absolute Gasteiger partial charge is 0.756 e. The lowest BCUT2D eigenvalue weighted by molar-refractivity contribution is -0.870. The molecule has 0 fully saturated rings. The number of nitrogens with zero attached hydrogens (tertiary/aromatic N) is 1. The summed E-state index contributed by atoms with van der Waals surface area (Å²) in [6.07, 6.45) is 53.6. The summed E-state index contributed by atoms with van der Waals surface area (Å²) < 4.78 is 30.1. The molecule has 3 unspecified atom stereocenters. The van der Waals surface area contributed by atoms with Gasteiger partial charge in [-0.25, -0.2) is 0 Å². The van der Waals surface area contributed by atoms with Gasteiger partial charge < -0.3 is 28.5 Å². The summed E-state index contributed by atoms with van der Waals surface area (Å²) in [5.74, 6) is -0.564. The Morgan fingerprint density at radius 2 is 0.985 bits per heavy atom. The Morgan fingerprint density at radius 1 is 0.554 bits per heavy atom. The van der Waals surface area contributed by atoms with Crippen molar-refractivity contribution >= 4 is 19.7 Å². The number of carbonyl (C=O) groups is 2. The van der Waals surface area contributed by atoms with Gasteiger partial charge in [-0.15, -0.1) is 0 Å². The van der Waals surface area contributed by atoms with Crippen molar-refractivity contribution in [2.45, 2.75) is 251 Å². The van der Waals surface area contributed by atoms with Crippen molar-refractivity contribution in [3.63, 3.8) is 0 Å². The van der Waals surface area contributed by atoms with Gasteiger partial charge >= 0.3 is 5.97 Å². The minimum atomic E-state index is -4.69. The molecule has 0 rings (SSSR count). The van der Waals surface area contributed by atoms with Gasteiger partial charge in [0.1, 0.15) is 19.3 Å². The molecular weight excluding hydrogens is 832 g/mol. The number of ether oxygens (including phenoxy) is 1. The van der Waals surface area contributed by atoms with Gasteiger partial charge in [0.05, 0.1) is 33.8 Å². The molecule has 0 aromatic rings. The number of carbonyl (C=O) groups excluding carboxylic acids is 2. The number of quaternary nitrogens is 1. The fraction of sp³-hybridized carbons (Fsp3) is 0.818. The van der Waals surface area contributed by atoms with Crippen molar-refractivity contribution in [1.82, 2.24) is 5.32 Å². The predicted molar refractivity (Wildman–Crippen MR) is 275 cm³/mol. The van der Waals surface area contributed by atoms with Crippen molar-refractivity contribution < 1.29 is 37.3 Å². The molecule has 10 heteroatoms. The zero-order valence-electron chi connectivity index (χ0n) is 43.2. The quantitative estimate of drug-likeness (QED) is 0.0212. The van der Waals surface area contributed by atoms with E-state index in [1.54, 1.807) is 0 Å². The molecule has 0 heterocycles. The average molecular weight is 935 g/mol. The zero-order chi connectivity index (χ0) is 48.0. The topological polar surface area (TPSA) is 114 Å². The first kappa shape index (κ1) is 63.0. The first-order chi connectivity index (χ1) is 31.4. The number of hydrogen-bond acceptors (Lipinski definition) is 7. The summed E-state index contributed by atoms with van der Waals surface area (Å²) in [5.41, 5.74) is 0. The van der Waals surface area contributed by atoms with E-state index in [1.807, 2.05) is 33.3 Å². The van der Waals surface area contributed by atoms with Gasteiger partial charge in [0.2, 0.25) is 5.91 Å². The number of unbranched alkanes of at least 4 members (excludes halogenated alkanes) is 26. The van der Waals surface area contributed by atoms with Crippen LogP contribution in [0.2, 0.25) is 0 Å². The standard InChI is InChI=1S/C55H103N2O7P/c1-7-10-13-16-19-22-25-28-30-32-35-38-41-44-47-54(58)56-52(51-63-65(60,61)62-50-49-57(4,5)6)53(46-43-40-37-34-31-27-24-21-18-15-12-9-3)64-55(59)48-45-42-39-36-33-29-26-23-20-17-14-11-8-2/h10,13,19,22,28,30,43,46,52-53H,7-9,11-12,14-18,20-21,23-27,29,31-42,44-45,47-51H2,1-6H3,(H-,56,58,60,61)/b13-10+,22-19+,30-28+,46-43+. The van der Waals surface area contributed by atoms with Crippen molar-refractivity contribution in [3.8, 4) is 0 Å². The molecule has 1 amide bonds. The van der Waals surface area contributed by atoms with E-state index in [2.05, 4.69) is 62.5 Å². The Bertz CT molecular complexity index is 1260. The van der Waals surface area contributed by atoms with Crippen LogP contribution in [0.4, 0.5) is 0 Å². The lowest BCUT2D eigenvalue weighted by Crippen LogP contribution is -2.47. The Labute approximate surface area is 401 Å². The summed E-state index contributed by atoms with van der Waals surface area (Å²) in [7, 11) is 1.17. The van der Waals surface area contributed by atoms with Crippen LogP contribution in [0.3, 0.4) is 0 Å². The third-order valence-corrected chi connectivity index (χ3v) is 12.7. The highest BCUT2D eigenvalue weighted by atomic mass is 31.2. The lowest BCUT2D eigenvalue weighted by atomic mass is 10.0. The highest BCUT2D eigenvalue weighted by Crippen LogP contribution is 2.38. The number of likely N-dealkylation sites (N-methyl/N-ethyl adjacent to an activating group) is 1. The summed E-state index contributed by atoms with van der Waals surface area (Å²) in [6.45, 7) is 6.70. The van der Waals surface area contributed by atoms with Crippen LogP contribution in [-0.2, 0) is 27.9 Å². The molecule has 0 bridgehead atoms. The highest BCUT2D eigenvalue weighted by molar-refractivity contribution is 7.45. The fourth-order valence-corrected chi connectivity index (χ4v) is 8.32. The van der Waals surface area contributed by atoms with E-state index in [0.29, 0.717) is 23.9 Å². The zero-order valence-corrected chi connectivity index (χ0v) is 44.1.